The molecule has 1 unspecified atom stereocenters. The fourth-order valence-electron chi connectivity index (χ4n) is 2.41. The van der Waals surface area contributed by atoms with Gasteiger partial charge in [-0.1, -0.05) is 20.8 Å². The largest absolute Gasteiger partial charge is 0.314 e. The Balaban J connectivity index is 1.66. The zero-order chi connectivity index (χ0) is 12.3. The summed E-state index contributed by atoms with van der Waals surface area (Å²) < 4.78 is 0.490. The summed E-state index contributed by atoms with van der Waals surface area (Å²) in [7, 11) is 0. The molecule has 1 atom stereocenters. The average molecular weight is 256 g/mol. The molecule has 2 rings (SSSR count). The van der Waals surface area contributed by atoms with Gasteiger partial charge in [-0.3, -0.25) is 0 Å². The first-order chi connectivity index (χ1) is 8.05. The molecule has 1 heterocycles. The molecule has 2 nitrogen and oxygen atoms in total. The highest BCUT2D eigenvalue weighted by molar-refractivity contribution is 8.00. The van der Waals surface area contributed by atoms with Gasteiger partial charge in [0.25, 0.3) is 0 Å². The molecule has 3 heteroatoms. The molecule has 1 aliphatic heterocycles. The van der Waals surface area contributed by atoms with Crippen LogP contribution in [0.4, 0.5) is 0 Å². The SMILES string of the molecule is CC(CNC1CC1)CN1CCSC(C)(C)CC1. The van der Waals surface area contributed by atoms with Crippen LogP contribution in [0.2, 0.25) is 0 Å². The van der Waals surface area contributed by atoms with Gasteiger partial charge < -0.3 is 10.2 Å². The number of rotatable bonds is 5. The lowest BCUT2D eigenvalue weighted by Gasteiger charge is -2.25. The molecule has 1 saturated heterocycles. The van der Waals surface area contributed by atoms with Crippen molar-refractivity contribution in [3.8, 4) is 0 Å². The Morgan fingerprint density at radius 2 is 2.12 bits per heavy atom. The molecule has 1 saturated carbocycles. The van der Waals surface area contributed by atoms with Crippen LogP contribution in [0.25, 0.3) is 0 Å². The van der Waals surface area contributed by atoms with Crippen LogP contribution >= 0.6 is 11.8 Å². The maximum atomic E-state index is 3.65. The van der Waals surface area contributed by atoms with Crippen LogP contribution in [0.1, 0.15) is 40.0 Å². The van der Waals surface area contributed by atoms with Gasteiger partial charge in [-0.05, 0) is 38.3 Å². The fourth-order valence-corrected chi connectivity index (χ4v) is 3.54. The number of nitrogens with zero attached hydrogens (tertiary/aromatic N) is 1. The van der Waals surface area contributed by atoms with Crippen LogP contribution in [-0.2, 0) is 0 Å². The van der Waals surface area contributed by atoms with Gasteiger partial charge in [-0.25, -0.2) is 0 Å². The van der Waals surface area contributed by atoms with E-state index in [2.05, 4.69) is 42.7 Å². The lowest BCUT2D eigenvalue weighted by molar-refractivity contribution is 0.243. The summed E-state index contributed by atoms with van der Waals surface area (Å²) in [6.45, 7) is 12.2. The average Bonchev–Trinajstić information content (AvgIpc) is 3.06. The Labute approximate surface area is 111 Å². The van der Waals surface area contributed by atoms with Crippen molar-refractivity contribution in [1.29, 1.82) is 0 Å². The van der Waals surface area contributed by atoms with Crippen LogP contribution in [0.5, 0.6) is 0 Å². The Morgan fingerprint density at radius 1 is 1.35 bits per heavy atom. The third-order valence-corrected chi connectivity index (χ3v) is 5.20. The summed E-state index contributed by atoms with van der Waals surface area (Å²) in [6, 6.07) is 0.857. The van der Waals surface area contributed by atoms with Gasteiger partial charge in [0, 0.05) is 29.6 Å². The molecule has 0 aromatic carbocycles. The number of hydrogen-bond acceptors (Lipinski definition) is 3. The third-order valence-electron chi connectivity index (χ3n) is 3.83. The molecule has 0 aromatic rings. The second kappa shape index (κ2) is 5.94. The molecule has 0 aromatic heterocycles. The normalized spacial score (nSPS) is 27.7. The molecular weight excluding hydrogens is 228 g/mol. The summed E-state index contributed by atoms with van der Waals surface area (Å²) >= 11 is 2.14. The number of nitrogens with one attached hydrogen (secondary N) is 1. The van der Waals surface area contributed by atoms with E-state index in [-0.39, 0.29) is 0 Å². The predicted molar refractivity (Wildman–Crippen MR) is 77.8 cm³/mol. The quantitative estimate of drug-likeness (QED) is 0.814. The molecule has 0 bridgehead atoms. The monoisotopic (exact) mass is 256 g/mol. The van der Waals surface area contributed by atoms with E-state index in [1.165, 1.54) is 51.2 Å². The zero-order valence-corrected chi connectivity index (χ0v) is 12.5. The minimum Gasteiger partial charge on any atom is -0.314 e. The van der Waals surface area contributed by atoms with Gasteiger partial charge in [0.2, 0.25) is 0 Å². The van der Waals surface area contributed by atoms with E-state index in [0.717, 1.165) is 12.0 Å². The Kier molecular flexibility index (Phi) is 4.79. The second-order valence-electron chi connectivity index (χ2n) is 6.45. The maximum Gasteiger partial charge on any atom is 0.0116 e. The van der Waals surface area contributed by atoms with E-state index in [0.29, 0.717) is 4.75 Å². The van der Waals surface area contributed by atoms with Crippen molar-refractivity contribution in [2.24, 2.45) is 5.92 Å². The van der Waals surface area contributed by atoms with E-state index in [1.807, 2.05) is 0 Å². The molecule has 0 radical (unpaired) electrons. The Hall–Kier alpha value is 0.270. The lowest BCUT2D eigenvalue weighted by atomic mass is 10.1. The Bertz CT molecular complexity index is 238. The first-order valence-electron chi connectivity index (χ1n) is 7.15. The minimum atomic E-state index is 0.490. The van der Waals surface area contributed by atoms with Gasteiger partial charge in [0.15, 0.2) is 0 Å². The molecule has 2 fully saturated rings. The van der Waals surface area contributed by atoms with Crippen LogP contribution in [-0.4, -0.2) is 47.6 Å². The van der Waals surface area contributed by atoms with Crippen molar-refractivity contribution >= 4 is 11.8 Å². The Morgan fingerprint density at radius 3 is 2.82 bits per heavy atom. The smallest absolute Gasteiger partial charge is 0.0116 e. The summed E-state index contributed by atoms with van der Waals surface area (Å²) in [4.78, 5) is 2.67. The van der Waals surface area contributed by atoms with Gasteiger partial charge in [-0.15, -0.1) is 0 Å². The molecular formula is C14H28N2S. The van der Waals surface area contributed by atoms with E-state index in [1.54, 1.807) is 0 Å². The summed E-state index contributed by atoms with van der Waals surface area (Å²) in [5.41, 5.74) is 0. The highest BCUT2D eigenvalue weighted by Crippen LogP contribution is 2.30. The first kappa shape index (κ1) is 13.7. The molecule has 0 amide bonds. The zero-order valence-electron chi connectivity index (χ0n) is 11.7. The molecule has 1 N–H and O–H groups in total. The van der Waals surface area contributed by atoms with E-state index in [4.69, 9.17) is 0 Å². The van der Waals surface area contributed by atoms with Crippen molar-refractivity contribution < 1.29 is 0 Å². The molecule has 2 aliphatic rings. The second-order valence-corrected chi connectivity index (χ2v) is 8.25. The van der Waals surface area contributed by atoms with Crippen molar-refractivity contribution in [2.75, 3.05) is 31.9 Å². The topological polar surface area (TPSA) is 15.3 Å². The van der Waals surface area contributed by atoms with Crippen LogP contribution < -0.4 is 5.32 Å². The number of hydrogen-bond donors (Lipinski definition) is 1. The van der Waals surface area contributed by atoms with Crippen molar-refractivity contribution in [3.63, 3.8) is 0 Å². The van der Waals surface area contributed by atoms with Crippen LogP contribution in [0, 0.1) is 5.92 Å². The third kappa shape index (κ3) is 5.19. The molecule has 17 heavy (non-hydrogen) atoms. The van der Waals surface area contributed by atoms with Crippen LogP contribution in [0.3, 0.4) is 0 Å². The van der Waals surface area contributed by atoms with E-state index >= 15 is 0 Å². The first-order valence-corrected chi connectivity index (χ1v) is 8.13. The van der Waals surface area contributed by atoms with Gasteiger partial charge in [-0.2, -0.15) is 11.8 Å². The standard InChI is InChI=1S/C14H28N2S/c1-12(10-15-13-4-5-13)11-16-7-6-14(2,3)17-9-8-16/h12-13,15H,4-11H2,1-3H3. The van der Waals surface area contributed by atoms with Gasteiger partial charge >= 0.3 is 0 Å². The summed E-state index contributed by atoms with van der Waals surface area (Å²) in [6.07, 6.45) is 4.14. The van der Waals surface area contributed by atoms with Crippen molar-refractivity contribution in [2.45, 2.75) is 50.8 Å². The lowest BCUT2D eigenvalue weighted by Crippen LogP contribution is -2.35. The fraction of sp³-hybridized carbons (Fsp3) is 1.00. The van der Waals surface area contributed by atoms with Gasteiger partial charge in [0.1, 0.15) is 0 Å². The molecule has 0 spiro atoms. The van der Waals surface area contributed by atoms with E-state index < -0.39 is 0 Å². The van der Waals surface area contributed by atoms with Crippen LogP contribution in [0.15, 0.2) is 0 Å². The van der Waals surface area contributed by atoms with Crippen molar-refractivity contribution in [1.82, 2.24) is 10.2 Å². The predicted octanol–water partition coefficient (Wildman–Crippen LogP) is 2.59. The highest BCUT2D eigenvalue weighted by atomic mass is 32.2. The molecule has 1 aliphatic carbocycles. The summed E-state index contributed by atoms with van der Waals surface area (Å²) in [5.74, 6) is 2.09. The minimum absolute atomic E-state index is 0.490. The maximum absolute atomic E-state index is 3.65. The highest BCUT2D eigenvalue weighted by Gasteiger charge is 2.25. The van der Waals surface area contributed by atoms with E-state index in [9.17, 15) is 0 Å². The number of thioether (sulfide) groups is 1. The van der Waals surface area contributed by atoms with Crippen molar-refractivity contribution in [3.05, 3.63) is 0 Å². The summed E-state index contributed by atoms with van der Waals surface area (Å²) in [5, 5.41) is 3.65. The van der Waals surface area contributed by atoms with Gasteiger partial charge in [0.05, 0.1) is 0 Å². The molecule has 100 valence electrons.